The lowest BCUT2D eigenvalue weighted by Crippen LogP contribution is -2.51. The minimum absolute atomic E-state index is 0.0110. The zero-order valence-electron chi connectivity index (χ0n) is 12.7. The molecule has 6 bridgehead atoms. The average molecular weight is 453 g/mol. The first-order chi connectivity index (χ1) is 13.2. The highest BCUT2D eigenvalue weighted by molar-refractivity contribution is 7.51. The summed E-state index contributed by atoms with van der Waals surface area (Å²) in [6.07, 6.45) is -0.258. The van der Waals surface area contributed by atoms with Gasteiger partial charge in [0.2, 0.25) is 11.6 Å². The van der Waals surface area contributed by atoms with Crippen molar-refractivity contribution in [3.8, 4) is 11.6 Å². The fourth-order valence-electron chi connectivity index (χ4n) is 3.95. The van der Waals surface area contributed by atoms with Gasteiger partial charge in [0.05, 0.1) is 12.1 Å². The molecule has 0 radical (unpaired) electrons. The van der Waals surface area contributed by atoms with Crippen LogP contribution in [0.2, 0.25) is 0 Å². The van der Waals surface area contributed by atoms with Gasteiger partial charge in [0.1, 0.15) is 0 Å². The van der Waals surface area contributed by atoms with Gasteiger partial charge in [-0.3, -0.25) is 0 Å². The highest BCUT2D eigenvalue weighted by Crippen LogP contribution is 2.88. The zero-order valence-corrected chi connectivity index (χ0v) is 15.4. The van der Waals surface area contributed by atoms with E-state index < -0.39 is 46.6 Å². The Morgan fingerprint density at radius 2 is 1.68 bits per heavy atom. The van der Waals surface area contributed by atoms with Crippen LogP contribution < -0.4 is 20.0 Å². The highest BCUT2D eigenvalue weighted by atomic mass is 31.2. The number of phosphoric acid groups is 3. The Balaban J connectivity index is 1.50. The number of fused-ring (bicyclic) bond motifs is 3. The largest absolute Gasteiger partial charge is 0.613 e. The Morgan fingerprint density at radius 3 is 2.50 bits per heavy atom. The maximum Gasteiger partial charge on any atom is 0.613 e. The standard InChI is InChI=1S/C9H2N3O13P3/c13-7-10-5-3-6-11(7)2-1-8-9(23-28(16,20-8)21-8)4(2)18-27(15,22-9)25-12(6)24-26(14,17-3)19-5/h1H2. The molecular formula is C9H2N3O13P3. The minimum atomic E-state index is -4.55. The van der Waals surface area contributed by atoms with E-state index in [1.54, 1.807) is 0 Å². The molecule has 0 N–H and O–H groups in total. The zero-order chi connectivity index (χ0) is 18.9. The quantitative estimate of drug-likeness (QED) is 0.511. The van der Waals surface area contributed by atoms with Gasteiger partial charge < -0.3 is 13.6 Å². The van der Waals surface area contributed by atoms with E-state index in [2.05, 4.69) is 4.98 Å². The summed E-state index contributed by atoms with van der Waals surface area (Å²) in [7, 11) is -12.7. The van der Waals surface area contributed by atoms with Crippen molar-refractivity contribution < 1.29 is 54.6 Å². The van der Waals surface area contributed by atoms with Gasteiger partial charge in [-0.1, -0.05) is 5.23 Å². The molecule has 2 spiro atoms. The monoisotopic (exact) mass is 453 g/mol. The Kier molecular flexibility index (Phi) is 2.01. The molecule has 3 atom stereocenters. The number of hydrogen-bond donors (Lipinski definition) is 0. The molecule has 19 heteroatoms. The van der Waals surface area contributed by atoms with E-state index in [0.717, 1.165) is 4.57 Å². The van der Waals surface area contributed by atoms with Gasteiger partial charge in [0, 0.05) is 0 Å². The topological polar surface area (TPSA) is 172 Å². The molecule has 4 saturated heterocycles. The van der Waals surface area contributed by atoms with E-state index in [4.69, 9.17) is 40.9 Å². The van der Waals surface area contributed by atoms with Gasteiger partial charge in [0.15, 0.2) is 5.76 Å². The van der Waals surface area contributed by atoms with Gasteiger partial charge in [-0.25, -0.2) is 41.2 Å². The minimum Gasteiger partial charge on any atom is -0.399 e. The first kappa shape index (κ1) is 15.2. The van der Waals surface area contributed by atoms with Crippen molar-refractivity contribution >= 4 is 35.0 Å². The van der Waals surface area contributed by atoms with E-state index in [1.165, 1.54) is 0 Å². The van der Waals surface area contributed by atoms with Gasteiger partial charge in [-0.15, -0.1) is 9.25 Å². The van der Waals surface area contributed by atoms with E-state index in [0.29, 0.717) is 5.23 Å². The molecule has 0 amide bonds. The lowest BCUT2D eigenvalue weighted by Gasteiger charge is -2.35. The van der Waals surface area contributed by atoms with Crippen LogP contribution in [-0.4, -0.2) is 21.1 Å². The van der Waals surface area contributed by atoms with Crippen molar-refractivity contribution in [1.82, 2.24) is 9.55 Å². The van der Waals surface area contributed by atoms with Crippen molar-refractivity contribution in [2.45, 2.75) is 18.0 Å². The van der Waals surface area contributed by atoms with Crippen molar-refractivity contribution in [2.24, 2.45) is 0 Å². The SMILES string of the molecule is O=c1nc2c3c4n1C1=C5OP(=O)(ON4OP(=O)(O2)O3)OC52OP3(=O)OC2(C1)O3. The Morgan fingerprint density at radius 1 is 0.929 bits per heavy atom. The maximum absolute atomic E-state index is 13.1. The van der Waals surface area contributed by atoms with E-state index in [1.807, 2.05) is 0 Å². The normalized spacial score (nSPS) is 49.6. The van der Waals surface area contributed by atoms with E-state index in [9.17, 15) is 18.5 Å². The predicted molar refractivity (Wildman–Crippen MR) is 75.9 cm³/mol. The molecule has 4 fully saturated rings. The van der Waals surface area contributed by atoms with Crippen molar-refractivity contribution in [1.29, 1.82) is 0 Å². The lowest BCUT2D eigenvalue weighted by molar-refractivity contribution is -0.245. The van der Waals surface area contributed by atoms with E-state index in [-0.39, 0.29) is 29.4 Å². The molecule has 28 heavy (non-hydrogen) atoms. The molecule has 9 rings (SSSR count). The van der Waals surface area contributed by atoms with Crippen molar-refractivity contribution in [3.05, 3.63) is 16.2 Å². The lowest BCUT2D eigenvalue weighted by atomic mass is 10.1. The summed E-state index contributed by atoms with van der Waals surface area (Å²) in [4.78, 5) is 16.4. The van der Waals surface area contributed by atoms with Gasteiger partial charge in [-0.05, 0) is 0 Å². The summed E-state index contributed by atoms with van der Waals surface area (Å²) in [6.45, 7) is 0. The summed E-state index contributed by atoms with van der Waals surface area (Å²) < 4.78 is 85.2. The van der Waals surface area contributed by atoms with Crippen LogP contribution in [0.3, 0.4) is 0 Å². The van der Waals surface area contributed by atoms with E-state index >= 15 is 0 Å². The number of phosphoric ester groups is 3. The highest BCUT2D eigenvalue weighted by Gasteiger charge is 2.90. The molecule has 0 saturated carbocycles. The molecular weight excluding hydrogens is 451 g/mol. The van der Waals surface area contributed by atoms with Crippen LogP contribution in [0.1, 0.15) is 6.42 Å². The number of hydrogen-bond acceptors (Lipinski definition) is 15. The van der Waals surface area contributed by atoms with Gasteiger partial charge in [-0.2, -0.15) is 4.98 Å². The number of aromatic nitrogens is 2. The molecule has 16 nitrogen and oxygen atoms in total. The predicted octanol–water partition coefficient (Wildman–Crippen LogP) is 1.12. The van der Waals surface area contributed by atoms with Crippen LogP contribution in [0, 0.1) is 0 Å². The average Bonchev–Trinajstić information content (AvgIpc) is 3.20. The number of anilines is 1. The smallest absolute Gasteiger partial charge is 0.399 e. The summed E-state index contributed by atoms with van der Waals surface area (Å²) >= 11 is 0. The van der Waals surface area contributed by atoms with Crippen LogP contribution in [0.25, 0.3) is 5.70 Å². The molecule has 8 aliphatic rings. The third-order valence-electron chi connectivity index (χ3n) is 4.86. The van der Waals surface area contributed by atoms with Crippen molar-refractivity contribution in [2.75, 3.05) is 5.23 Å². The second-order valence-electron chi connectivity index (χ2n) is 6.41. The Hall–Kier alpha value is -1.73. The third kappa shape index (κ3) is 1.33. The Labute approximate surface area is 151 Å². The van der Waals surface area contributed by atoms with Crippen molar-refractivity contribution in [3.63, 3.8) is 0 Å². The first-order valence-corrected chi connectivity index (χ1v) is 11.9. The molecule has 8 heterocycles. The molecule has 0 aromatic carbocycles. The van der Waals surface area contributed by atoms with Gasteiger partial charge in [0.25, 0.3) is 11.7 Å². The molecule has 1 aliphatic carbocycles. The summed E-state index contributed by atoms with van der Waals surface area (Å²) in [5.41, 5.74) is -0.947. The Bertz CT molecular complexity index is 1320. The summed E-state index contributed by atoms with van der Waals surface area (Å²) in [5, 5.41) is 0.386. The van der Waals surface area contributed by atoms with Crippen LogP contribution in [-0.2, 0) is 45.6 Å². The van der Waals surface area contributed by atoms with Crippen LogP contribution >= 0.6 is 23.5 Å². The van der Waals surface area contributed by atoms with Crippen LogP contribution in [0.15, 0.2) is 10.6 Å². The number of rotatable bonds is 0. The fourth-order valence-corrected chi connectivity index (χ4v) is 8.35. The van der Waals surface area contributed by atoms with Gasteiger partial charge >= 0.3 is 34.9 Å². The molecule has 1 aromatic rings. The fraction of sp³-hybridized carbons (Fsp3) is 0.333. The third-order valence-corrected chi connectivity index (χ3v) is 8.76. The van der Waals surface area contributed by atoms with Crippen LogP contribution in [0.5, 0.6) is 11.6 Å². The molecule has 146 valence electrons. The first-order valence-electron chi connectivity index (χ1n) is 7.49. The van der Waals surface area contributed by atoms with Crippen LogP contribution in [0.4, 0.5) is 5.82 Å². The molecule has 1 aromatic heterocycles. The molecule has 7 aliphatic heterocycles. The summed E-state index contributed by atoms with van der Waals surface area (Å²) in [6, 6.07) is 0. The second-order valence-corrected chi connectivity index (χ2v) is 10.7. The second kappa shape index (κ2) is 3.72. The number of nitrogens with zero attached hydrogens (tertiary/aromatic N) is 3. The molecule has 3 unspecified atom stereocenters. The summed E-state index contributed by atoms with van der Waals surface area (Å²) in [5.74, 6) is -5.14. The maximum atomic E-state index is 13.1.